The highest BCUT2D eigenvalue weighted by Gasteiger charge is 2.40. The van der Waals surface area contributed by atoms with Crippen LogP contribution in [0, 0.1) is 6.92 Å². The molecular weight excluding hydrogens is 248 g/mol. The van der Waals surface area contributed by atoms with Gasteiger partial charge in [0.15, 0.2) is 0 Å². The van der Waals surface area contributed by atoms with Crippen LogP contribution in [0.5, 0.6) is 0 Å². The molecule has 1 fully saturated rings. The summed E-state index contributed by atoms with van der Waals surface area (Å²) >= 11 is 1.71. The average Bonchev–Trinajstić information content (AvgIpc) is 2.82. The lowest BCUT2D eigenvalue weighted by Gasteiger charge is -2.42. The van der Waals surface area contributed by atoms with Gasteiger partial charge in [-0.3, -0.25) is 0 Å². The minimum atomic E-state index is -0.121. The predicted molar refractivity (Wildman–Crippen MR) is 73.2 cm³/mol. The fraction of sp³-hybridized carbons (Fsp3) is 0.769. The van der Waals surface area contributed by atoms with Crippen LogP contribution in [0.1, 0.15) is 23.5 Å². The zero-order valence-electron chi connectivity index (χ0n) is 11.4. The van der Waals surface area contributed by atoms with Crippen molar-refractivity contribution in [1.82, 2.24) is 10.3 Å². The van der Waals surface area contributed by atoms with Gasteiger partial charge >= 0.3 is 0 Å². The summed E-state index contributed by atoms with van der Waals surface area (Å²) in [5, 5.41) is 6.67. The molecule has 0 spiro atoms. The molecule has 1 aliphatic heterocycles. The molecule has 1 unspecified atom stereocenters. The first-order valence-corrected chi connectivity index (χ1v) is 7.29. The van der Waals surface area contributed by atoms with Gasteiger partial charge in [-0.25, -0.2) is 4.98 Å². The molecule has 0 aliphatic carbocycles. The van der Waals surface area contributed by atoms with Crippen molar-refractivity contribution < 1.29 is 9.47 Å². The van der Waals surface area contributed by atoms with Crippen LogP contribution in [0.25, 0.3) is 0 Å². The number of hydrogen-bond donors (Lipinski definition) is 1. The molecule has 1 saturated heterocycles. The van der Waals surface area contributed by atoms with Gasteiger partial charge in [0.1, 0.15) is 0 Å². The van der Waals surface area contributed by atoms with E-state index in [9.17, 15) is 0 Å². The summed E-state index contributed by atoms with van der Waals surface area (Å²) in [6, 6.07) is 0.285. The highest BCUT2D eigenvalue weighted by molar-refractivity contribution is 7.09. The van der Waals surface area contributed by atoms with Crippen LogP contribution >= 0.6 is 11.3 Å². The van der Waals surface area contributed by atoms with Crippen molar-refractivity contribution in [2.75, 3.05) is 27.4 Å². The first kappa shape index (κ1) is 13.9. The summed E-state index contributed by atoms with van der Waals surface area (Å²) in [6.07, 6.45) is 2.80. The number of rotatable bonds is 5. The maximum atomic E-state index is 5.84. The summed E-state index contributed by atoms with van der Waals surface area (Å²) < 4.78 is 11.3. The molecule has 1 N–H and O–H groups in total. The Balaban J connectivity index is 2.10. The zero-order chi connectivity index (χ0) is 13.0. The Morgan fingerprint density at radius 3 is 2.78 bits per heavy atom. The lowest BCUT2D eigenvalue weighted by atomic mass is 9.83. The number of likely N-dealkylation sites (N-methyl/N-ethyl adjacent to an activating group) is 1. The number of ether oxygens (including phenoxy) is 2. The largest absolute Gasteiger partial charge is 0.381 e. The molecule has 102 valence electrons. The summed E-state index contributed by atoms with van der Waals surface area (Å²) in [6.45, 7) is 3.60. The molecule has 0 radical (unpaired) electrons. The third kappa shape index (κ3) is 2.91. The highest BCUT2D eigenvalue weighted by atomic mass is 32.1. The van der Waals surface area contributed by atoms with Gasteiger partial charge in [0, 0.05) is 51.0 Å². The molecule has 1 atom stereocenters. The van der Waals surface area contributed by atoms with E-state index < -0.39 is 0 Å². The number of aromatic nitrogens is 1. The molecule has 0 aromatic carbocycles. The molecule has 1 aromatic rings. The number of aryl methyl sites for hydroxylation is 1. The Kier molecular flexibility index (Phi) is 4.72. The SMILES string of the molecule is CNC(Cc1csc(C)n1)C1(OC)CCOCC1. The first-order valence-electron chi connectivity index (χ1n) is 6.41. The summed E-state index contributed by atoms with van der Waals surface area (Å²) in [5.74, 6) is 0. The van der Waals surface area contributed by atoms with Crippen LogP contribution < -0.4 is 5.32 Å². The maximum absolute atomic E-state index is 5.84. The van der Waals surface area contributed by atoms with E-state index in [1.165, 1.54) is 0 Å². The quantitative estimate of drug-likeness (QED) is 0.885. The van der Waals surface area contributed by atoms with Crippen LogP contribution in [-0.2, 0) is 15.9 Å². The molecule has 2 heterocycles. The monoisotopic (exact) mass is 270 g/mol. The van der Waals surface area contributed by atoms with Crippen LogP contribution in [0.4, 0.5) is 0 Å². The van der Waals surface area contributed by atoms with Crippen LogP contribution in [-0.4, -0.2) is 44.0 Å². The van der Waals surface area contributed by atoms with Crippen LogP contribution in [0.3, 0.4) is 0 Å². The molecule has 5 heteroatoms. The third-order valence-corrected chi connectivity index (χ3v) is 4.63. The van der Waals surface area contributed by atoms with Crippen molar-refractivity contribution in [3.63, 3.8) is 0 Å². The van der Waals surface area contributed by atoms with E-state index in [0.29, 0.717) is 0 Å². The Hall–Kier alpha value is -0.490. The van der Waals surface area contributed by atoms with Gasteiger partial charge in [-0.1, -0.05) is 0 Å². The van der Waals surface area contributed by atoms with E-state index in [0.717, 1.165) is 43.2 Å². The van der Waals surface area contributed by atoms with Crippen LogP contribution in [0.15, 0.2) is 5.38 Å². The zero-order valence-corrected chi connectivity index (χ0v) is 12.2. The molecule has 4 nitrogen and oxygen atoms in total. The first-order chi connectivity index (χ1) is 8.70. The number of hydrogen-bond acceptors (Lipinski definition) is 5. The van der Waals surface area contributed by atoms with Crippen molar-refractivity contribution in [3.05, 3.63) is 16.1 Å². The van der Waals surface area contributed by atoms with E-state index in [1.807, 2.05) is 21.1 Å². The normalized spacial score (nSPS) is 20.8. The highest BCUT2D eigenvalue weighted by Crippen LogP contribution is 2.30. The predicted octanol–water partition coefficient (Wildman–Crippen LogP) is 1.78. The Bertz CT molecular complexity index is 375. The van der Waals surface area contributed by atoms with E-state index in [2.05, 4.69) is 15.7 Å². The second kappa shape index (κ2) is 6.10. The van der Waals surface area contributed by atoms with Gasteiger partial charge in [-0.05, 0) is 14.0 Å². The number of nitrogens with one attached hydrogen (secondary N) is 1. The molecule has 1 aromatic heterocycles. The fourth-order valence-electron chi connectivity index (χ4n) is 2.67. The van der Waals surface area contributed by atoms with Gasteiger partial charge in [0.05, 0.1) is 16.3 Å². The van der Waals surface area contributed by atoms with E-state index in [-0.39, 0.29) is 11.6 Å². The summed E-state index contributed by atoms with van der Waals surface area (Å²) in [4.78, 5) is 4.55. The molecule has 0 bridgehead atoms. The second-order valence-corrected chi connectivity index (χ2v) is 5.85. The Morgan fingerprint density at radius 1 is 1.56 bits per heavy atom. The Labute approximate surface area is 113 Å². The number of nitrogens with zero attached hydrogens (tertiary/aromatic N) is 1. The minimum Gasteiger partial charge on any atom is -0.381 e. The molecule has 1 aliphatic rings. The van der Waals surface area contributed by atoms with Crippen molar-refractivity contribution in [2.24, 2.45) is 0 Å². The second-order valence-electron chi connectivity index (χ2n) is 4.78. The van der Waals surface area contributed by atoms with Crippen molar-refractivity contribution >= 4 is 11.3 Å². The molecular formula is C13H22N2O2S. The molecule has 18 heavy (non-hydrogen) atoms. The van der Waals surface area contributed by atoms with Gasteiger partial charge in [-0.2, -0.15) is 0 Å². The third-order valence-electron chi connectivity index (χ3n) is 3.81. The molecule has 0 saturated carbocycles. The summed E-state index contributed by atoms with van der Waals surface area (Å²) in [7, 11) is 3.81. The molecule has 2 rings (SSSR count). The average molecular weight is 270 g/mol. The fourth-order valence-corrected chi connectivity index (χ4v) is 3.30. The maximum Gasteiger partial charge on any atom is 0.0897 e. The Morgan fingerprint density at radius 2 is 2.28 bits per heavy atom. The minimum absolute atomic E-state index is 0.121. The van der Waals surface area contributed by atoms with Crippen molar-refractivity contribution in [1.29, 1.82) is 0 Å². The van der Waals surface area contributed by atoms with E-state index in [1.54, 1.807) is 11.3 Å². The lowest BCUT2D eigenvalue weighted by molar-refractivity contribution is -0.109. The lowest BCUT2D eigenvalue weighted by Crippen LogP contribution is -2.55. The molecule has 0 amide bonds. The summed E-state index contributed by atoms with van der Waals surface area (Å²) in [5.41, 5.74) is 1.03. The van der Waals surface area contributed by atoms with E-state index >= 15 is 0 Å². The van der Waals surface area contributed by atoms with Crippen LogP contribution in [0.2, 0.25) is 0 Å². The smallest absolute Gasteiger partial charge is 0.0897 e. The van der Waals surface area contributed by atoms with Gasteiger partial charge in [0.2, 0.25) is 0 Å². The van der Waals surface area contributed by atoms with Crippen molar-refractivity contribution in [3.8, 4) is 0 Å². The van der Waals surface area contributed by atoms with E-state index in [4.69, 9.17) is 9.47 Å². The van der Waals surface area contributed by atoms with Gasteiger partial charge < -0.3 is 14.8 Å². The standard InChI is InChI=1S/C13H22N2O2S/c1-10-15-11(9-18-10)8-12(14-2)13(16-3)4-6-17-7-5-13/h9,12,14H,4-8H2,1-3H3. The number of thiazole rings is 1. The van der Waals surface area contributed by atoms with Gasteiger partial charge in [0.25, 0.3) is 0 Å². The van der Waals surface area contributed by atoms with Crippen molar-refractivity contribution in [2.45, 2.75) is 37.8 Å². The number of methoxy groups -OCH3 is 1. The van der Waals surface area contributed by atoms with Gasteiger partial charge in [-0.15, -0.1) is 11.3 Å². The topological polar surface area (TPSA) is 43.4 Å².